The fraction of sp³-hybridized carbons (Fsp3) is 0.294. The number of nitrogens with zero attached hydrogens (tertiary/aromatic N) is 4. The molecule has 0 aliphatic carbocycles. The highest BCUT2D eigenvalue weighted by atomic mass is 19.4. The number of carbonyl (C=O) groups is 1. The number of hydrogen-bond donors (Lipinski definition) is 2. The van der Waals surface area contributed by atoms with Crippen LogP contribution in [0.15, 0.2) is 35.1 Å². The van der Waals surface area contributed by atoms with Gasteiger partial charge in [0.1, 0.15) is 11.4 Å². The average Bonchev–Trinajstić information content (AvgIpc) is 3.28. The number of halogens is 3. The van der Waals surface area contributed by atoms with Gasteiger partial charge in [-0.1, -0.05) is 12.1 Å². The van der Waals surface area contributed by atoms with Crippen LogP contribution in [0.4, 0.5) is 13.2 Å². The van der Waals surface area contributed by atoms with E-state index in [1.807, 2.05) is 0 Å². The molecule has 2 heterocycles. The Bertz CT molecular complexity index is 1080. The molecular formula is C17H17F3N6O3. The van der Waals surface area contributed by atoms with E-state index in [9.17, 15) is 22.8 Å². The number of rotatable bonds is 6. The van der Waals surface area contributed by atoms with Crippen LogP contribution in [0.25, 0.3) is 11.3 Å². The van der Waals surface area contributed by atoms with Crippen molar-refractivity contribution in [1.82, 2.24) is 29.9 Å². The van der Waals surface area contributed by atoms with Crippen molar-refractivity contribution < 1.29 is 22.7 Å². The zero-order valence-corrected chi connectivity index (χ0v) is 15.4. The summed E-state index contributed by atoms with van der Waals surface area (Å²) in [4.78, 5) is 24.1. The molecule has 1 aromatic carbocycles. The molecule has 0 saturated heterocycles. The molecule has 3 aromatic rings. The number of aromatic nitrogens is 5. The van der Waals surface area contributed by atoms with E-state index in [1.165, 1.54) is 13.2 Å². The number of H-pyrrole nitrogens is 1. The SMILES string of the molecule is COc1ccccc1-c1cc(C(=O)NCCn2nc(C(F)(F)F)n(C)c2=O)[nH]n1. The lowest BCUT2D eigenvalue weighted by Gasteiger charge is -2.04. The van der Waals surface area contributed by atoms with Gasteiger partial charge in [-0.05, 0) is 18.2 Å². The molecule has 2 N–H and O–H groups in total. The predicted octanol–water partition coefficient (Wildman–Crippen LogP) is 1.43. The Labute approximate surface area is 162 Å². The summed E-state index contributed by atoms with van der Waals surface area (Å²) >= 11 is 0. The standard InChI is InChI=1S/C17H17F3N6O3/c1-25-15(17(18,19)20)24-26(16(25)28)8-7-21-14(27)12-9-11(22-23-12)10-5-3-4-6-13(10)29-2/h3-6,9H,7-8H2,1-2H3,(H,21,27)(H,22,23). The van der Waals surface area contributed by atoms with Gasteiger partial charge in [0, 0.05) is 19.2 Å². The molecule has 0 aliphatic heterocycles. The highest BCUT2D eigenvalue weighted by molar-refractivity contribution is 5.93. The zero-order chi connectivity index (χ0) is 21.2. The van der Waals surface area contributed by atoms with E-state index in [1.54, 1.807) is 24.3 Å². The third kappa shape index (κ3) is 4.15. The molecule has 0 bridgehead atoms. The number of benzene rings is 1. The Hall–Kier alpha value is -3.57. The van der Waals surface area contributed by atoms with Crippen molar-refractivity contribution in [3.63, 3.8) is 0 Å². The maximum atomic E-state index is 12.8. The Kier molecular flexibility index (Phi) is 5.43. The van der Waals surface area contributed by atoms with Gasteiger partial charge in [0.05, 0.1) is 19.3 Å². The van der Waals surface area contributed by atoms with E-state index in [2.05, 4.69) is 20.6 Å². The molecule has 3 rings (SSSR count). The number of nitrogens with one attached hydrogen (secondary N) is 2. The van der Waals surface area contributed by atoms with Crippen LogP contribution in [0, 0.1) is 0 Å². The minimum atomic E-state index is -4.74. The van der Waals surface area contributed by atoms with E-state index < -0.39 is 23.6 Å². The number of hydrogen-bond acceptors (Lipinski definition) is 5. The van der Waals surface area contributed by atoms with Gasteiger partial charge in [-0.25, -0.2) is 9.48 Å². The van der Waals surface area contributed by atoms with Gasteiger partial charge >= 0.3 is 11.9 Å². The van der Waals surface area contributed by atoms with Crippen molar-refractivity contribution in [1.29, 1.82) is 0 Å². The zero-order valence-electron chi connectivity index (χ0n) is 15.4. The Morgan fingerprint density at radius 3 is 2.69 bits per heavy atom. The van der Waals surface area contributed by atoms with Crippen molar-refractivity contribution in [2.75, 3.05) is 13.7 Å². The summed E-state index contributed by atoms with van der Waals surface area (Å²) in [6.45, 7) is -0.321. The number of carbonyl (C=O) groups excluding carboxylic acids is 1. The summed E-state index contributed by atoms with van der Waals surface area (Å²) in [7, 11) is 2.50. The maximum Gasteiger partial charge on any atom is 0.451 e. The summed E-state index contributed by atoms with van der Waals surface area (Å²) in [5.41, 5.74) is 0.398. The molecule has 0 unspecified atom stereocenters. The Balaban J connectivity index is 1.66. The minimum Gasteiger partial charge on any atom is -0.496 e. The number of aromatic amines is 1. The van der Waals surface area contributed by atoms with E-state index in [-0.39, 0.29) is 18.8 Å². The van der Waals surface area contributed by atoms with Crippen LogP contribution in [-0.4, -0.2) is 44.1 Å². The first kappa shape index (κ1) is 20.2. The molecule has 12 heteroatoms. The Morgan fingerprint density at radius 2 is 2.03 bits per heavy atom. The van der Waals surface area contributed by atoms with E-state index in [0.29, 0.717) is 26.3 Å². The molecule has 2 aromatic heterocycles. The predicted molar refractivity (Wildman–Crippen MR) is 95.4 cm³/mol. The lowest BCUT2D eigenvalue weighted by Crippen LogP contribution is -2.32. The molecule has 0 atom stereocenters. The number of amides is 1. The van der Waals surface area contributed by atoms with Crippen molar-refractivity contribution >= 4 is 5.91 Å². The summed E-state index contributed by atoms with van der Waals surface area (Å²) in [6.07, 6.45) is -4.74. The quantitative estimate of drug-likeness (QED) is 0.639. The van der Waals surface area contributed by atoms with Crippen LogP contribution < -0.4 is 15.7 Å². The summed E-state index contributed by atoms with van der Waals surface area (Å²) in [5, 5.41) is 12.4. The summed E-state index contributed by atoms with van der Waals surface area (Å²) in [5.74, 6) is -1.25. The monoisotopic (exact) mass is 410 g/mol. The van der Waals surface area contributed by atoms with Crippen LogP contribution >= 0.6 is 0 Å². The third-order valence-electron chi connectivity index (χ3n) is 4.11. The van der Waals surface area contributed by atoms with Crippen molar-refractivity contribution in [2.24, 2.45) is 7.05 Å². The molecule has 0 fully saturated rings. The minimum absolute atomic E-state index is 0.101. The maximum absolute atomic E-state index is 12.8. The van der Waals surface area contributed by atoms with Crippen LogP contribution in [0.2, 0.25) is 0 Å². The number of para-hydroxylation sites is 1. The number of methoxy groups -OCH3 is 1. The molecule has 154 valence electrons. The smallest absolute Gasteiger partial charge is 0.451 e. The van der Waals surface area contributed by atoms with Gasteiger partial charge in [-0.15, -0.1) is 5.10 Å². The van der Waals surface area contributed by atoms with Crippen LogP contribution in [-0.2, 0) is 19.8 Å². The summed E-state index contributed by atoms with van der Waals surface area (Å²) < 4.78 is 44.7. The first-order valence-corrected chi connectivity index (χ1v) is 8.40. The van der Waals surface area contributed by atoms with Gasteiger partial charge < -0.3 is 10.1 Å². The normalized spacial score (nSPS) is 11.5. The molecule has 9 nitrogen and oxygen atoms in total. The molecule has 0 aliphatic rings. The fourth-order valence-electron chi connectivity index (χ4n) is 2.68. The van der Waals surface area contributed by atoms with Crippen molar-refractivity contribution in [3.05, 3.63) is 52.3 Å². The van der Waals surface area contributed by atoms with E-state index in [0.717, 1.165) is 7.05 Å². The molecule has 0 radical (unpaired) electrons. The topological polar surface area (TPSA) is 107 Å². The lowest BCUT2D eigenvalue weighted by atomic mass is 10.1. The highest BCUT2D eigenvalue weighted by Crippen LogP contribution is 2.28. The summed E-state index contributed by atoms with van der Waals surface area (Å²) in [6, 6.07) is 8.65. The molecule has 0 spiro atoms. The third-order valence-corrected chi connectivity index (χ3v) is 4.11. The second-order valence-corrected chi connectivity index (χ2v) is 6.01. The molecule has 0 saturated carbocycles. The van der Waals surface area contributed by atoms with Gasteiger partial charge in [0.2, 0.25) is 5.82 Å². The van der Waals surface area contributed by atoms with Crippen LogP contribution in [0.3, 0.4) is 0 Å². The van der Waals surface area contributed by atoms with Crippen molar-refractivity contribution in [3.8, 4) is 17.0 Å². The van der Waals surface area contributed by atoms with Crippen molar-refractivity contribution in [2.45, 2.75) is 12.7 Å². The van der Waals surface area contributed by atoms with Gasteiger partial charge in [0.15, 0.2) is 0 Å². The average molecular weight is 410 g/mol. The van der Waals surface area contributed by atoms with E-state index >= 15 is 0 Å². The first-order chi connectivity index (χ1) is 13.7. The van der Waals surface area contributed by atoms with Gasteiger partial charge in [-0.3, -0.25) is 14.5 Å². The fourth-order valence-corrected chi connectivity index (χ4v) is 2.68. The second-order valence-electron chi connectivity index (χ2n) is 6.01. The Morgan fingerprint density at radius 1 is 1.31 bits per heavy atom. The largest absolute Gasteiger partial charge is 0.496 e. The highest BCUT2D eigenvalue weighted by Gasteiger charge is 2.37. The first-order valence-electron chi connectivity index (χ1n) is 8.40. The number of ether oxygens (including phenoxy) is 1. The van der Waals surface area contributed by atoms with E-state index in [4.69, 9.17) is 4.74 Å². The number of alkyl halides is 3. The molecule has 29 heavy (non-hydrogen) atoms. The molecule has 1 amide bonds. The van der Waals surface area contributed by atoms with Gasteiger partial charge in [-0.2, -0.15) is 18.3 Å². The second kappa shape index (κ2) is 7.81. The van der Waals surface area contributed by atoms with Gasteiger partial charge in [0.25, 0.3) is 5.91 Å². The van der Waals surface area contributed by atoms with Crippen LogP contribution in [0.1, 0.15) is 16.3 Å². The van der Waals surface area contributed by atoms with Crippen LogP contribution in [0.5, 0.6) is 5.75 Å². The molecular weight excluding hydrogens is 393 g/mol. The lowest BCUT2D eigenvalue weighted by molar-refractivity contribution is -0.147.